The van der Waals surface area contributed by atoms with Gasteiger partial charge in [0.05, 0.1) is 12.1 Å². The average Bonchev–Trinajstić information content (AvgIpc) is 3.10. The second-order valence-corrected chi connectivity index (χ2v) is 5.04. The maximum atomic E-state index is 11.9. The van der Waals surface area contributed by atoms with E-state index in [0.717, 1.165) is 18.4 Å². The molecule has 1 saturated carbocycles. The van der Waals surface area contributed by atoms with Gasteiger partial charge in [0.15, 0.2) is 11.5 Å². The first-order chi connectivity index (χ1) is 9.19. The minimum atomic E-state index is -0.524. The van der Waals surface area contributed by atoms with Crippen LogP contribution in [0.3, 0.4) is 0 Å². The third-order valence-electron chi connectivity index (χ3n) is 3.20. The SMILES string of the molecule is COC(=O)C(NC1CC1)c1cc(Cl)c2c(c1)OCO2. The van der Waals surface area contributed by atoms with Gasteiger partial charge in [-0.1, -0.05) is 11.6 Å². The maximum Gasteiger partial charge on any atom is 0.327 e. The molecule has 1 aliphatic carbocycles. The number of rotatable bonds is 4. The Kier molecular flexibility index (Phi) is 3.24. The second-order valence-electron chi connectivity index (χ2n) is 4.63. The molecule has 1 aromatic rings. The summed E-state index contributed by atoms with van der Waals surface area (Å²) in [5.41, 5.74) is 0.730. The van der Waals surface area contributed by atoms with E-state index in [4.69, 9.17) is 25.8 Å². The fourth-order valence-electron chi connectivity index (χ4n) is 2.06. The van der Waals surface area contributed by atoms with Crippen molar-refractivity contribution in [3.63, 3.8) is 0 Å². The van der Waals surface area contributed by atoms with Crippen molar-refractivity contribution in [3.05, 3.63) is 22.7 Å². The van der Waals surface area contributed by atoms with Crippen LogP contribution in [0.4, 0.5) is 0 Å². The van der Waals surface area contributed by atoms with Crippen LogP contribution in [-0.4, -0.2) is 25.9 Å². The molecule has 1 heterocycles. The topological polar surface area (TPSA) is 56.8 Å². The number of benzene rings is 1. The fraction of sp³-hybridized carbons (Fsp3) is 0.462. The lowest BCUT2D eigenvalue weighted by Gasteiger charge is -2.17. The predicted molar refractivity (Wildman–Crippen MR) is 68.5 cm³/mol. The molecule has 6 heteroatoms. The van der Waals surface area contributed by atoms with Crippen molar-refractivity contribution in [2.24, 2.45) is 0 Å². The lowest BCUT2D eigenvalue weighted by Crippen LogP contribution is -2.31. The number of methoxy groups -OCH3 is 1. The Morgan fingerprint density at radius 1 is 1.47 bits per heavy atom. The van der Waals surface area contributed by atoms with Crippen molar-refractivity contribution in [1.82, 2.24) is 5.32 Å². The van der Waals surface area contributed by atoms with E-state index in [2.05, 4.69) is 5.32 Å². The molecule has 5 nitrogen and oxygen atoms in total. The number of halogens is 1. The van der Waals surface area contributed by atoms with Crippen LogP contribution >= 0.6 is 11.6 Å². The van der Waals surface area contributed by atoms with Gasteiger partial charge in [-0.3, -0.25) is 5.32 Å². The standard InChI is InChI=1S/C13H14ClNO4/c1-17-13(16)11(15-8-2-3-8)7-4-9(14)12-10(5-7)18-6-19-12/h4-5,8,11,15H,2-3,6H2,1H3. The zero-order valence-electron chi connectivity index (χ0n) is 10.4. The summed E-state index contributed by atoms with van der Waals surface area (Å²) in [6.45, 7) is 0.150. The van der Waals surface area contributed by atoms with Crippen LogP contribution in [0.5, 0.6) is 11.5 Å². The second kappa shape index (κ2) is 4.90. The molecule has 1 aliphatic heterocycles. The van der Waals surface area contributed by atoms with Crippen LogP contribution in [0.15, 0.2) is 12.1 Å². The van der Waals surface area contributed by atoms with Gasteiger partial charge in [-0.25, -0.2) is 4.79 Å². The number of hydrogen-bond acceptors (Lipinski definition) is 5. The normalized spacial score (nSPS) is 18.2. The first-order valence-electron chi connectivity index (χ1n) is 6.12. The zero-order valence-corrected chi connectivity index (χ0v) is 11.2. The van der Waals surface area contributed by atoms with Gasteiger partial charge in [-0.15, -0.1) is 0 Å². The van der Waals surface area contributed by atoms with E-state index in [1.807, 2.05) is 0 Å². The number of nitrogens with one attached hydrogen (secondary N) is 1. The monoisotopic (exact) mass is 283 g/mol. The van der Waals surface area contributed by atoms with Gasteiger partial charge in [-0.05, 0) is 30.5 Å². The molecule has 1 aromatic carbocycles. The van der Waals surface area contributed by atoms with Crippen molar-refractivity contribution in [2.75, 3.05) is 13.9 Å². The van der Waals surface area contributed by atoms with E-state index >= 15 is 0 Å². The highest BCUT2D eigenvalue weighted by Gasteiger charge is 2.31. The van der Waals surface area contributed by atoms with E-state index < -0.39 is 6.04 Å². The van der Waals surface area contributed by atoms with E-state index in [-0.39, 0.29) is 12.8 Å². The van der Waals surface area contributed by atoms with Crippen molar-refractivity contribution in [1.29, 1.82) is 0 Å². The summed E-state index contributed by atoms with van der Waals surface area (Å²) < 4.78 is 15.4. The number of esters is 1. The first-order valence-corrected chi connectivity index (χ1v) is 6.49. The molecule has 0 aromatic heterocycles. The highest BCUT2D eigenvalue weighted by atomic mass is 35.5. The molecule has 0 saturated heterocycles. The van der Waals surface area contributed by atoms with Gasteiger partial charge >= 0.3 is 5.97 Å². The van der Waals surface area contributed by atoms with E-state index in [1.54, 1.807) is 12.1 Å². The number of carbonyl (C=O) groups excluding carboxylic acids is 1. The third kappa shape index (κ3) is 2.48. The van der Waals surface area contributed by atoms with Gasteiger partial charge in [-0.2, -0.15) is 0 Å². The molecule has 1 fully saturated rings. The van der Waals surface area contributed by atoms with E-state index in [9.17, 15) is 4.79 Å². The van der Waals surface area contributed by atoms with Crippen LogP contribution in [0.1, 0.15) is 24.4 Å². The van der Waals surface area contributed by atoms with E-state index in [1.165, 1.54) is 7.11 Å². The smallest absolute Gasteiger partial charge is 0.327 e. The Labute approximate surface area is 115 Å². The predicted octanol–water partition coefficient (Wildman–Crippen LogP) is 2.03. The Bertz CT molecular complexity index is 516. The van der Waals surface area contributed by atoms with Gasteiger partial charge < -0.3 is 14.2 Å². The summed E-state index contributed by atoms with van der Waals surface area (Å²) in [5, 5.41) is 3.69. The summed E-state index contributed by atoms with van der Waals surface area (Å²) in [6.07, 6.45) is 2.15. The van der Waals surface area contributed by atoms with Crippen molar-refractivity contribution < 1.29 is 19.0 Å². The number of fused-ring (bicyclic) bond motifs is 1. The Morgan fingerprint density at radius 3 is 2.95 bits per heavy atom. The Morgan fingerprint density at radius 2 is 2.26 bits per heavy atom. The molecule has 0 spiro atoms. The summed E-state index contributed by atoms with van der Waals surface area (Å²) in [7, 11) is 1.37. The Hall–Kier alpha value is -1.46. The molecule has 2 aliphatic rings. The molecule has 1 unspecified atom stereocenters. The summed E-state index contributed by atoms with van der Waals surface area (Å²) >= 11 is 6.13. The molecule has 1 atom stereocenters. The minimum absolute atomic E-state index is 0.150. The molecular formula is C13H14ClNO4. The van der Waals surface area contributed by atoms with Gasteiger partial charge in [0.25, 0.3) is 0 Å². The van der Waals surface area contributed by atoms with Crippen molar-refractivity contribution >= 4 is 17.6 Å². The summed E-state index contributed by atoms with van der Waals surface area (Å²) in [4.78, 5) is 11.9. The molecule has 0 bridgehead atoms. The molecule has 0 amide bonds. The summed E-state index contributed by atoms with van der Waals surface area (Å²) in [6, 6.07) is 3.33. The van der Waals surface area contributed by atoms with Crippen LogP contribution in [0, 0.1) is 0 Å². The Balaban J connectivity index is 1.92. The molecule has 3 rings (SSSR count). The van der Waals surface area contributed by atoms with Crippen molar-refractivity contribution in [3.8, 4) is 11.5 Å². The van der Waals surface area contributed by atoms with Crippen LogP contribution < -0.4 is 14.8 Å². The highest BCUT2D eigenvalue weighted by molar-refractivity contribution is 6.32. The van der Waals surface area contributed by atoms with Crippen LogP contribution in [-0.2, 0) is 9.53 Å². The zero-order chi connectivity index (χ0) is 13.4. The third-order valence-corrected chi connectivity index (χ3v) is 3.48. The van der Waals surface area contributed by atoms with Gasteiger partial charge in [0.1, 0.15) is 6.04 Å². The average molecular weight is 284 g/mol. The summed E-state index contributed by atoms with van der Waals surface area (Å²) in [5.74, 6) is 0.760. The number of hydrogen-bond donors (Lipinski definition) is 1. The minimum Gasteiger partial charge on any atom is -0.468 e. The molecule has 1 N–H and O–H groups in total. The van der Waals surface area contributed by atoms with Crippen molar-refractivity contribution in [2.45, 2.75) is 24.9 Å². The van der Waals surface area contributed by atoms with Crippen LogP contribution in [0.2, 0.25) is 5.02 Å². The molecule has 19 heavy (non-hydrogen) atoms. The first kappa shape index (κ1) is 12.6. The molecular weight excluding hydrogens is 270 g/mol. The maximum absolute atomic E-state index is 11.9. The lowest BCUT2D eigenvalue weighted by atomic mass is 10.1. The molecule has 102 valence electrons. The fourth-order valence-corrected chi connectivity index (χ4v) is 2.33. The number of carbonyl (C=O) groups is 1. The van der Waals surface area contributed by atoms with Crippen LogP contribution in [0.25, 0.3) is 0 Å². The van der Waals surface area contributed by atoms with Gasteiger partial charge in [0.2, 0.25) is 6.79 Å². The quantitative estimate of drug-likeness (QED) is 0.857. The van der Waals surface area contributed by atoms with Gasteiger partial charge in [0, 0.05) is 6.04 Å². The number of ether oxygens (including phenoxy) is 3. The largest absolute Gasteiger partial charge is 0.468 e. The van der Waals surface area contributed by atoms with E-state index in [0.29, 0.717) is 22.6 Å². The highest BCUT2D eigenvalue weighted by Crippen LogP contribution is 2.41. The lowest BCUT2D eigenvalue weighted by molar-refractivity contribution is -0.143. The molecule has 0 radical (unpaired) electrons.